The van der Waals surface area contributed by atoms with Crippen molar-refractivity contribution in [1.82, 2.24) is 4.98 Å². The van der Waals surface area contributed by atoms with Gasteiger partial charge < -0.3 is 9.84 Å². The van der Waals surface area contributed by atoms with Crippen LogP contribution < -0.4 is 0 Å². The number of aryl methyl sites for hydroxylation is 1. The Hall–Kier alpha value is -2.02. The minimum atomic E-state index is -0.735. The highest BCUT2D eigenvalue weighted by Crippen LogP contribution is 2.41. The van der Waals surface area contributed by atoms with E-state index in [0.717, 1.165) is 40.4 Å². The number of thiazole rings is 1. The number of fused-ring (bicyclic) bond motifs is 1. The number of aromatic nitrogens is 1. The van der Waals surface area contributed by atoms with Gasteiger partial charge in [-0.05, 0) is 61.4 Å². The van der Waals surface area contributed by atoms with E-state index >= 15 is 0 Å². The van der Waals surface area contributed by atoms with Crippen LogP contribution in [0, 0.1) is 18.7 Å². The van der Waals surface area contributed by atoms with Gasteiger partial charge in [0, 0.05) is 16.9 Å². The van der Waals surface area contributed by atoms with Gasteiger partial charge in [-0.1, -0.05) is 23.8 Å². The number of aliphatic carboxylic acids is 1. The number of carboxylic acids is 1. The Morgan fingerprint density at radius 3 is 3.03 bits per heavy atom. The number of hydrogen-bond acceptors (Lipinski definition) is 4. The number of allylic oxidation sites excluding steroid dienone is 2. The SMILES string of the molecule is Cc1sc(-c2ccc(F)c(Cl)c2)nc1CCOC1C=C2CCC(CC(=O)O)C2=CC1. The lowest BCUT2D eigenvalue weighted by Gasteiger charge is -2.20. The van der Waals surface area contributed by atoms with Crippen molar-refractivity contribution in [2.24, 2.45) is 5.92 Å². The second-order valence-corrected chi connectivity index (χ2v) is 9.34. The number of nitrogens with zero attached hydrogens (tertiary/aromatic N) is 1. The molecule has 1 N–H and O–H groups in total. The molecule has 1 fully saturated rings. The lowest BCUT2D eigenvalue weighted by molar-refractivity contribution is -0.137. The monoisotopic (exact) mass is 447 g/mol. The van der Waals surface area contributed by atoms with Gasteiger partial charge in [0.05, 0.1) is 29.8 Å². The Bertz CT molecular complexity index is 1030. The molecule has 0 aliphatic heterocycles. The molecule has 2 aromatic rings. The summed E-state index contributed by atoms with van der Waals surface area (Å²) >= 11 is 7.46. The first kappa shape index (κ1) is 21.2. The topological polar surface area (TPSA) is 59.4 Å². The van der Waals surface area contributed by atoms with Crippen LogP contribution in [-0.2, 0) is 16.0 Å². The van der Waals surface area contributed by atoms with Crippen molar-refractivity contribution in [1.29, 1.82) is 0 Å². The van der Waals surface area contributed by atoms with Crippen molar-refractivity contribution in [3.8, 4) is 10.6 Å². The summed E-state index contributed by atoms with van der Waals surface area (Å²) in [6.07, 6.45) is 7.88. The molecule has 158 valence electrons. The second-order valence-electron chi connectivity index (χ2n) is 7.73. The summed E-state index contributed by atoms with van der Waals surface area (Å²) in [5.74, 6) is -1.02. The molecule has 1 aromatic carbocycles. The van der Waals surface area contributed by atoms with Crippen LogP contribution in [0.15, 0.2) is 41.5 Å². The average Bonchev–Trinajstić information content (AvgIpc) is 3.27. The number of ether oxygens (including phenoxy) is 1. The van der Waals surface area contributed by atoms with Gasteiger partial charge in [0.2, 0.25) is 0 Å². The van der Waals surface area contributed by atoms with Crippen molar-refractivity contribution < 1.29 is 19.0 Å². The average molecular weight is 448 g/mol. The summed E-state index contributed by atoms with van der Waals surface area (Å²) in [5.41, 5.74) is 4.25. The summed E-state index contributed by atoms with van der Waals surface area (Å²) < 4.78 is 19.5. The Morgan fingerprint density at radius 1 is 1.43 bits per heavy atom. The van der Waals surface area contributed by atoms with Crippen LogP contribution in [0.5, 0.6) is 0 Å². The molecule has 1 heterocycles. The van der Waals surface area contributed by atoms with Crippen molar-refractivity contribution in [2.45, 2.75) is 45.1 Å². The number of halogens is 2. The van der Waals surface area contributed by atoms with E-state index in [-0.39, 0.29) is 23.5 Å². The molecule has 4 rings (SSSR count). The smallest absolute Gasteiger partial charge is 0.303 e. The van der Waals surface area contributed by atoms with E-state index < -0.39 is 11.8 Å². The Labute approximate surface area is 184 Å². The minimum absolute atomic E-state index is 0.0293. The predicted molar refractivity (Wildman–Crippen MR) is 116 cm³/mol. The van der Waals surface area contributed by atoms with Crippen LogP contribution in [0.4, 0.5) is 4.39 Å². The van der Waals surface area contributed by atoms with Gasteiger partial charge in [0.15, 0.2) is 0 Å². The molecule has 7 heteroatoms. The summed E-state index contributed by atoms with van der Waals surface area (Å²) in [5, 5.41) is 9.99. The third kappa shape index (κ3) is 4.66. The summed E-state index contributed by atoms with van der Waals surface area (Å²) in [7, 11) is 0. The molecule has 4 nitrogen and oxygen atoms in total. The van der Waals surface area contributed by atoms with Crippen molar-refractivity contribution in [3.05, 3.63) is 62.9 Å². The highest BCUT2D eigenvalue weighted by Gasteiger charge is 2.30. The third-order valence-electron chi connectivity index (χ3n) is 5.68. The van der Waals surface area contributed by atoms with E-state index in [1.807, 2.05) is 6.92 Å². The van der Waals surface area contributed by atoms with Crippen LogP contribution in [-0.4, -0.2) is 28.8 Å². The molecular weight excluding hydrogens is 425 g/mol. The fourth-order valence-corrected chi connectivity index (χ4v) is 5.30. The number of rotatable bonds is 7. The van der Waals surface area contributed by atoms with Crippen LogP contribution >= 0.6 is 22.9 Å². The lowest BCUT2D eigenvalue weighted by atomic mass is 9.92. The maximum absolute atomic E-state index is 13.4. The van der Waals surface area contributed by atoms with E-state index in [1.165, 1.54) is 17.2 Å². The molecule has 2 aliphatic rings. The standard InChI is InChI=1S/C23H23ClFNO3S/c1-13-21(26-23(30-13)16-4-7-20(25)19(24)11-16)8-9-29-17-5-6-18-14(10-17)2-3-15(18)12-22(27)28/h4,6-7,10-11,15,17H,2-3,5,8-9,12H2,1H3,(H,27,28). The van der Waals surface area contributed by atoms with Gasteiger partial charge in [-0.15, -0.1) is 11.3 Å². The Balaban J connectivity index is 1.33. The zero-order valence-corrected chi connectivity index (χ0v) is 18.2. The van der Waals surface area contributed by atoms with Gasteiger partial charge in [-0.2, -0.15) is 0 Å². The first-order valence-corrected chi connectivity index (χ1v) is 11.3. The second kappa shape index (κ2) is 9.00. The quantitative estimate of drug-likeness (QED) is 0.567. The van der Waals surface area contributed by atoms with Gasteiger partial charge in [-0.25, -0.2) is 9.37 Å². The van der Waals surface area contributed by atoms with E-state index in [9.17, 15) is 9.18 Å². The van der Waals surface area contributed by atoms with Crippen molar-refractivity contribution in [3.63, 3.8) is 0 Å². The fourth-order valence-electron chi connectivity index (χ4n) is 4.16. The van der Waals surface area contributed by atoms with Crippen molar-refractivity contribution in [2.75, 3.05) is 6.61 Å². The van der Waals surface area contributed by atoms with E-state index in [2.05, 4.69) is 12.2 Å². The molecule has 0 bridgehead atoms. The number of carboxylic acid groups (broad SMARTS) is 1. The maximum atomic E-state index is 13.4. The molecule has 2 atom stereocenters. The van der Waals surface area contributed by atoms with Crippen LogP contribution in [0.3, 0.4) is 0 Å². The fraction of sp³-hybridized carbons (Fsp3) is 0.391. The zero-order valence-electron chi connectivity index (χ0n) is 16.7. The summed E-state index contributed by atoms with van der Waals surface area (Å²) in [6, 6.07) is 4.66. The number of benzene rings is 1. The van der Waals surface area contributed by atoms with E-state index in [1.54, 1.807) is 23.5 Å². The molecule has 0 amide bonds. The predicted octanol–water partition coefficient (Wildman–Crippen LogP) is 5.98. The summed E-state index contributed by atoms with van der Waals surface area (Å²) in [6.45, 7) is 2.59. The summed E-state index contributed by atoms with van der Waals surface area (Å²) in [4.78, 5) is 16.8. The first-order valence-electron chi connectivity index (χ1n) is 10.1. The normalized spacial score (nSPS) is 20.6. The van der Waals surface area contributed by atoms with Crippen LogP contribution in [0.2, 0.25) is 5.02 Å². The maximum Gasteiger partial charge on any atom is 0.303 e. The molecule has 1 aromatic heterocycles. The Morgan fingerprint density at radius 2 is 2.27 bits per heavy atom. The molecule has 30 heavy (non-hydrogen) atoms. The Kier molecular flexibility index (Phi) is 6.37. The minimum Gasteiger partial charge on any atom is -0.481 e. The molecule has 1 saturated carbocycles. The molecular formula is C23H23ClFNO3S. The molecule has 2 unspecified atom stereocenters. The lowest BCUT2D eigenvalue weighted by Crippen LogP contribution is -2.16. The third-order valence-corrected chi connectivity index (χ3v) is 7.03. The van der Waals surface area contributed by atoms with Gasteiger partial charge >= 0.3 is 5.97 Å². The highest BCUT2D eigenvalue weighted by atomic mass is 35.5. The van der Waals surface area contributed by atoms with Gasteiger partial charge in [0.25, 0.3) is 0 Å². The van der Waals surface area contributed by atoms with Gasteiger partial charge in [-0.3, -0.25) is 4.79 Å². The zero-order chi connectivity index (χ0) is 21.3. The molecule has 0 saturated heterocycles. The molecule has 2 aliphatic carbocycles. The van der Waals surface area contributed by atoms with Crippen LogP contribution in [0.1, 0.15) is 36.3 Å². The van der Waals surface area contributed by atoms with Crippen molar-refractivity contribution >= 4 is 28.9 Å². The van der Waals surface area contributed by atoms with Gasteiger partial charge in [0.1, 0.15) is 10.8 Å². The van der Waals surface area contributed by atoms with E-state index in [4.69, 9.17) is 26.4 Å². The first-order chi connectivity index (χ1) is 14.4. The van der Waals surface area contributed by atoms with E-state index in [0.29, 0.717) is 13.0 Å². The molecule has 0 spiro atoms. The van der Waals surface area contributed by atoms with Crippen LogP contribution in [0.25, 0.3) is 10.6 Å². The number of hydrogen-bond donors (Lipinski definition) is 1. The largest absolute Gasteiger partial charge is 0.481 e. The number of carbonyl (C=O) groups is 1. The molecule has 0 radical (unpaired) electrons. The highest BCUT2D eigenvalue weighted by molar-refractivity contribution is 7.15.